The van der Waals surface area contributed by atoms with Crippen LogP contribution < -0.4 is 10.7 Å². The van der Waals surface area contributed by atoms with Gasteiger partial charge < -0.3 is 9.88 Å². The maximum absolute atomic E-state index is 13.1. The number of hydrogen-bond acceptors (Lipinski definition) is 4. The van der Waals surface area contributed by atoms with Gasteiger partial charge in [0.25, 0.3) is 0 Å². The van der Waals surface area contributed by atoms with E-state index < -0.39 is 0 Å². The summed E-state index contributed by atoms with van der Waals surface area (Å²) in [6, 6.07) is 20.4. The molecule has 0 spiro atoms. The molecule has 0 aliphatic carbocycles. The van der Waals surface area contributed by atoms with Crippen molar-refractivity contribution in [3.05, 3.63) is 95.4 Å². The molecule has 0 saturated carbocycles. The maximum Gasteiger partial charge on any atom is 0.250 e. The molecule has 0 bridgehead atoms. The molecule has 3 aromatic carbocycles. The number of benzene rings is 3. The number of nitrogens with one attached hydrogen (secondary N) is 2. The van der Waals surface area contributed by atoms with Gasteiger partial charge >= 0.3 is 0 Å². The topological polar surface area (TPSA) is 75.5 Å². The van der Waals surface area contributed by atoms with Crippen molar-refractivity contribution in [3.63, 3.8) is 0 Å². The minimum Gasteiger partial charge on any atom is -0.337 e. The number of amides is 2. The second-order valence-corrected chi connectivity index (χ2v) is 8.81. The van der Waals surface area contributed by atoms with Crippen molar-refractivity contribution in [1.82, 2.24) is 9.99 Å². The molecule has 0 fully saturated rings. The van der Waals surface area contributed by atoms with Crippen LogP contribution in [0.2, 0.25) is 5.02 Å². The highest BCUT2D eigenvalue weighted by atomic mass is 35.5. The van der Waals surface area contributed by atoms with E-state index in [0.717, 1.165) is 21.4 Å². The van der Waals surface area contributed by atoms with Crippen LogP contribution in [0.5, 0.6) is 0 Å². The smallest absolute Gasteiger partial charge is 0.250 e. The van der Waals surface area contributed by atoms with E-state index in [1.807, 2.05) is 36.4 Å². The number of carbonyl (C=O) groups is 2. The van der Waals surface area contributed by atoms with Crippen LogP contribution in [0.25, 0.3) is 10.9 Å². The first kappa shape index (κ1) is 23.5. The van der Waals surface area contributed by atoms with Gasteiger partial charge in [-0.25, -0.2) is 9.82 Å². The highest BCUT2D eigenvalue weighted by Gasteiger charge is 2.11. The fourth-order valence-corrected chi connectivity index (χ4v) is 4.10. The second kappa shape index (κ2) is 11.0. The van der Waals surface area contributed by atoms with Gasteiger partial charge in [-0.1, -0.05) is 29.8 Å². The molecule has 2 N–H and O–H groups in total. The normalized spacial score (nSPS) is 11.1. The summed E-state index contributed by atoms with van der Waals surface area (Å²) < 4.78 is 14.9. The summed E-state index contributed by atoms with van der Waals surface area (Å²) in [5.74, 6) is -0.638. The van der Waals surface area contributed by atoms with E-state index >= 15 is 0 Å². The van der Waals surface area contributed by atoms with Gasteiger partial charge in [0.05, 0.1) is 12.0 Å². The van der Waals surface area contributed by atoms with E-state index in [9.17, 15) is 14.0 Å². The van der Waals surface area contributed by atoms with Gasteiger partial charge in [-0.15, -0.1) is 11.8 Å². The molecule has 172 valence electrons. The Labute approximate surface area is 204 Å². The van der Waals surface area contributed by atoms with Crippen LogP contribution in [0, 0.1) is 5.82 Å². The van der Waals surface area contributed by atoms with Crippen molar-refractivity contribution >= 4 is 58.0 Å². The number of nitrogens with zero attached hydrogens (tertiary/aromatic N) is 2. The van der Waals surface area contributed by atoms with E-state index in [-0.39, 0.29) is 29.9 Å². The SMILES string of the molecule is O=C(CSc1ccc(Cl)cc1)N/N=C\c1cn(CC(=O)Nc2ccc(F)cc2)c2ccccc12. The lowest BCUT2D eigenvalue weighted by molar-refractivity contribution is -0.118. The lowest BCUT2D eigenvalue weighted by atomic mass is 10.2. The standard InChI is InChI=1S/C25H20ClFN4O2S/c26-18-5-11-21(12-6-18)34-16-25(33)30-28-13-17-14-31(23-4-2-1-3-22(17)23)15-24(32)29-20-9-7-19(27)8-10-20/h1-14H,15-16H2,(H,29,32)(H,30,33)/b28-13-. The van der Waals surface area contributed by atoms with Gasteiger partial charge in [-0.2, -0.15) is 5.10 Å². The van der Waals surface area contributed by atoms with Crippen LogP contribution >= 0.6 is 23.4 Å². The second-order valence-electron chi connectivity index (χ2n) is 7.32. The molecule has 2 amide bonds. The van der Waals surface area contributed by atoms with Gasteiger partial charge in [-0.05, 0) is 54.6 Å². The van der Waals surface area contributed by atoms with Gasteiger partial charge in [0.1, 0.15) is 12.4 Å². The van der Waals surface area contributed by atoms with Crippen molar-refractivity contribution in [1.29, 1.82) is 0 Å². The zero-order valence-electron chi connectivity index (χ0n) is 17.9. The average molecular weight is 495 g/mol. The molecule has 0 unspecified atom stereocenters. The zero-order chi connectivity index (χ0) is 23.9. The first-order valence-corrected chi connectivity index (χ1v) is 11.7. The number of thioether (sulfide) groups is 1. The molecule has 9 heteroatoms. The molecule has 1 heterocycles. The Kier molecular flexibility index (Phi) is 7.61. The number of rotatable bonds is 8. The number of carbonyl (C=O) groups excluding carboxylic acids is 2. The third-order valence-corrected chi connectivity index (χ3v) is 6.10. The Morgan fingerprint density at radius 1 is 1.00 bits per heavy atom. The number of anilines is 1. The van der Waals surface area contributed by atoms with Crippen LogP contribution in [-0.4, -0.2) is 28.3 Å². The molecule has 0 aliphatic rings. The molecule has 0 radical (unpaired) electrons. The van der Waals surface area contributed by atoms with Crippen LogP contribution in [0.4, 0.5) is 10.1 Å². The van der Waals surface area contributed by atoms with E-state index in [2.05, 4.69) is 15.8 Å². The molecule has 4 aromatic rings. The number of fused-ring (bicyclic) bond motifs is 1. The number of halogens is 2. The Hall–Kier alpha value is -3.62. The lowest BCUT2D eigenvalue weighted by Gasteiger charge is -2.07. The Bertz CT molecular complexity index is 1340. The summed E-state index contributed by atoms with van der Waals surface area (Å²) in [5, 5.41) is 8.37. The van der Waals surface area contributed by atoms with E-state index in [4.69, 9.17) is 11.6 Å². The predicted octanol–water partition coefficient (Wildman–Crippen LogP) is 5.31. The Balaban J connectivity index is 1.39. The van der Waals surface area contributed by atoms with Gasteiger partial charge in [0.15, 0.2) is 0 Å². The molecule has 0 saturated heterocycles. The number of hydrazone groups is 1. The van der Waals surface area contributed by atoms with Gasteiger partial charge in [0.2, 0.25) is 11.8 Å². The van der Waals surface area contributed by atoms with Crippen molar-refractivity contribution in [2.75, 3.05) is 11.1 Å². The van der Waals surface area contributed by atoms with Crippen LogP contribution in [0.3, 0.4) is 0 Å². The lowest BCUT2D eigenvalue weighted by Crippen LogP contribution is -2.19. The summed E-state index contributed by atoms with van der Waals surface area (Å²) in [4.78, 5) is 25.6. The molecular formula is C25H20ClFN4O2S. The third kappa shape index (κ3) is 6.24. The Morgan fingerprint density at radius 3 is 2.50 bits per heavy atom. The van der Waals surface area contributed by atoms with Crippen molar-refractivity contribution in [2.45, 2.75) is 11.4 Å². The number of hydrogen-bond donors (Lipinski definition) is 2. The first-order chi connectivity index (χ1) is 16.5. The Morgan fingerprint density at radius 2 is 1.74 bits per heavy atom. The highest BCUT2D eigenvalue weighted by molar-refractivity contribution is 8.00. The fraction of sp³-hybridized carbons (Fsp3) is 0.0800. The molecule has 0 aliphatic heterocycles. The van der Waals surface area contributed by atoms with Crippen molar-refractivity contribution in [2.24, 2.45) is 5.10 Å². The maximum atomic E-state index is 13.1. The highest BCUT2D eigenvalue weighted by Crippen LogP contribution is 2.21. The minimum absolute atomic E-state index is 0.0653. The molecule has 4 rings (SSSR count). The largest absolute Gasteiger partial charge is 0.337 e. The number of para-hydroxylation sites is 1. The van der Waals surface area contributed by atoms with Crippen LogP contribution in [-0.2, 0) is 16.1 Å². The summed E-state index contributed by atoms with van der Waals surface area (Å²) in [6.45, 7) is 0.0653. The third-order valence-electron chi connectivity index (χ3n) is 4.84. The molecule has 34 heavy (non-hydrogen) atoms. The van der Waals surface area contributed by atoms with Crippen molar-refractivity contribution < 1.29 is 14.0 Å². The van der Waals surface area contributed by atoms with E-state index in [0.29, 0.717) is 10.7 Å². The first-order valence-electron chi connectivity index (χ1n) is 10.3. The quantitative estimate of drug-likeness (QED) is 0.198. The molecule has 1 aromatic heterocycles. The zero-order valence-corrected chi connectivity index (χ0v) is 19.4. The van der Waals surface area contributed by atoms with Crippen LogP contribution in [0.1, 0.15) is 5.56 Å². The molecular weight excluding hydrogens is 475 g/mol. The fourth-order valence-electron chi connectivity index (χ4n) is 3.28. The van der Waals surface area contributed by atoms with E-state index in [1.54, 1.807) is 29.1 Å². The summed E-state index contributed by atoms with van der Waals surface area (Å²) in [7, 11) is 0. The monoisotopic (exact) mass is 494 g/mol. The van der Waals surface area contributed by atoms with Crippen molar-refractivity contribution in [3.8, 4) is 0 Å². The average Bonchev–Trinajstić information content (AvgIpc) is 3.17. The van der Waals surface area contributed by atoms with Gasteiger partial charge in [-0.3, -0.25) is 9.59 Å². The van der Waals surface area contributed by atoms with E-state index in [1.165, 1.54) is 36.0 Å². The molecule has 6 nitrogen and oxygen atoms in total. The minimum atomic E-state index is -0.367. The van der Waals surface area contributed by atoms with Gasteiger partial charge in [0, 0.05) is 38.3 Å². The summed E-state index contributed by atoms with van der Waals surface area (Å²) in [6.07, 6.45) is 3.36. The molecule has 0 atom stereocenters. The summed E-state index contributed by atoms with van der Waals surface area (Å²) in [5.41, 5.74) is 4.66. The predicted molar refractivity (Wildman–Crippen MR) is 135 cm³/mol. The number of aromatic nitrogens is 1. The van der Waals surface area contributed by atoms with Crippen LogP contribution in [0.15, 0.2) is 89.0 Å². The summed E-state index contributed by atoms with van der Waals surface area (Å²) >= 11 is 7.25.